The van der Waals surface area contributed by atoms with Gasteiger partial charge in [-0.1, -0.05) is 24.6 Å². The smallest absolute Gasteiger partial charge is 0.344 e. The maximum atomic E-state index is 10.8. The Kier molecular flexibility index (Phi) is 5.95. The Labute approximate surface area is 112 Å². The molecule has 5 heteroatoms. The Morgan fingerprint density at radius 2 is 2.28 bits per heavy atom. The largest absolute Gasteiger partial charge is 0.479 e. The highest BCUT2D eigenvalue weighted by Crippen LogP contribution is 2.27. The van der Waals surface area contributed by atoms with E-state index in [1.165, 1.54) is 6.92 Å². The molecule has 0 aliphatic carbocycles. The number of ether oxygens (including phenoxy) is 1. The Bertz CT molecular complexity index is 409. The summed E-state index contributed by atoms with van der Waals surface area (Å²) in [4.78, 5) is 10.8. The maximum Gasteiger partial charge on any atom is 0.344 e. The van der Waals surface area contributed by atoms with E-state index in [0.29, 0.717) is 17.3 Å². The molecule has 1 aromatic carbocycles. The van der Waals surface area contributed by atoms with Crippen LogP contribution in [0.1, 0.15) is 25.8 Å². The lowest BCUT2D eigenvalue weighted by Crippen LogP contribution is -2.24. The number of hydrogen-bond donors (Lipinski definition) is 2. The van der Waals surface area contributed by atoms with Gasteiger partial charge in [0.05, 0.1) is 0 Å². The van der Waals surface area contributed by atoms with E-state index < -0.39 is 12.1 Å². The highest BCUT2D eigenvalue weighted by molar-refractivity contribution is 6.31. The normalized spacial score (nSPS) is 12.2. The molecule has 0 fully saturated rings. The minimum atomic E-state index is -0.998. The summed E-state index contributed by atoms with van der Waals surface area (Å²) in [5.74, 6) is -0.483. The van der Waals surface area contributed by atoms with Gasteiger partial charge in [0.1, 0.15) is 5.75 Å². The fraction of sp³-hybridized carbons (Fsp3) is 0.462. The number of benzene rings is 1. The molecule has 0 spiro atoms. The fourth-order valence-corrected chi connectivity index (χ4v) is 1.68. The van der Waals surface area contributed by atoms with Crippen molar-refractivity contribution in [2.24, 2.45) is 0 Å². The van der Waals surface area contributed by atoms with E-state index in [-0.39, 0.29) is 0 Å². The minimum absolute atomic E-state index is 0.515. The van der Waals surface area contributed by atoms with Gasteiger partial charge in [-0.2, -0.15) is 0 Å². The molecule has 18 heavy (non-hydrogen) atoms. The molecule has 1 unspecified atom stereocenters. The average Bonchev–Trinajstić information content (AvgIpc) is 2.32. The van der Waals surface area contributed by atoms with Crippen LogP contribution in [0.3, 0.4) is 0 Å². The van der Waals surface area contributed by atoms with Crippen LogP contribution in [-0.2, 0) is 11.3 Å². The first kappa shape index (κ1) is 14.8. The summed E-state index contributed by atoms with van der Waals surface area (Å²) in [5.41, 5.74) is 0.792. The number of carboxylic acid groups (broad SMARTS) is 1. The predicted molar refractivity (Wildman–Crippen MR) is 71.2 cm³/mol. The fourth-order valence-electron chi connectivity index (χ4n) is 1.45. The molecule has 0 amide bonds. The molecule has 1 atom stereocenters. The molecule has 0 bridgehead atoms. The zero-order chi connectivity index (χ0) is 13.5. The van der Waals surface area contributed by atoms with E-state index in [0.717, 1.165) is 18.5 Å². The van der Waals surface area contributed by atoms with Crippen molar-refractivity contribution >= 4 is 17.6 Å². The first-order valence-electron chi connectivity index (χ1n) is 5.93. The number of carboxylic acids is 1. The molecule has 100 valence electrons. The molecule has 0 aromatic heterocycles. The van der Waals surface area contributed by atoms with Crippen LogP contribution in [0.5, 0.6) is 5.75 Å². The summed E-state index contributed by atoms with van der Waals surface area (Å²) in [7, 11) is 0. The van der Waals surface area contributed by atoms with Gasteiger partial charge in [0.15, 0.2) is 6.10 Å². The van der Waals surface area contributed by atoms with Gasteiger partial charge in [-0.15, -0.1) is 0 Å². The van der Waals surface area contributed by atoms with Crippen LogP contribution in [0.4, 0.5) is 0 Å². The average molecular weight is 272 g/mol. The van der Waals surface area contributed by atoms with Crippen molar-refractivity contribution in [3.05, 3.63) is 28.8 Å². The van der Waals surface area contributed by atoms with E-state index in [1.54, 1.807) is 18.2 Å². The Morgan fingerprint density at radius 3 is 2.89 bits per heavy atom. The van der Waals surface area contributed by atoms with Crippen LogP contribution in [0.25, 0.3) is 0 Å². The first-order valence-corrected chi connectivity index (χ1v) is 6.31. The molecule has 1 aromatic rings. The molecule has 1 rings (SSSR count). The van der Waals surface area contributed by atoms with Crippen molar-refractivity contribution in [2.75, 3.05) is 6.54 Å². The Hall–Kier alpha value is -1.26. The first-order chi connectivity index (χ1) is 8.56. The third kappa shape index (κ3) is 4.20. The lowest BCUT2D eigenvalue weighted by atomic mass is 10.2. The lowest BCUT2D eigenvalue weighted by molar-refractivity contribution is -0.144. The van der Waals surface area contributed by atoms with E-state index in [4.69, 9.17) is 21.4 Å². The molecule has 4 nitrogen and oxygen atoms in total. The van der Waals surface area contributed by atoms with Crippen molar-refractivity contribution in [2.45, 2.75) is 32.9 Å². The van der Waals surface area contributed by atoms with Crippen molar-refractivity contribution < 1.29 is 14.6 Å². The Balaban J connectivity index is 2.82. The summed E-state index contributed by atoms with van der Waals surface area (Å²) in [6.45, 7) is 5.00. The van der Waals surface area contributed by atoms with Gasteiger partial charge in [0, 0.05) is 17.1 Å². The van der Waals surface area contributed by atoms with Gasteiger partial charge in [-0.25, -0.2) is 4.79 Å². The predicted octanol–water partition coefficient (Wildman–Crippen LogP) is 2.69. The minimum Gasteiger partial charge on any atom is -0.479 e. The molecule has 0 saturated heterocycles. The van der Waals surface area contributed by atoms with Crippen LogP contribution >= 0.6 is 11.6 Å². The summed E-state index contributed by atoms with van der Waals surface area (Å²) in [6.07, 6.45) is 0.125. The number of hydrogen-bond acceptors (Lipinski definition) is 3. The van der Waals surface area contributed by atoms with Gasteiger partial charge < -0.3 is 15.2 Å². The second-order valence-electron chi connectivity index (χ2n) is 3.99. The zero-order valence-corrected chi connectivity index (χ0v) is 11.3. The summed E-state index contributed by atoms with van der Waals surface area (Å²) in [6, 6.07) is 5.24. The van der Waals surface area contributed by atoms with Crippen LogP contribution in [-0.4, -0.2) is 23.7 Å². The number of nitrogens with one attached hydrogen (secondary N) is 1. The van der Waals surface area contributed by atoms with Crippen LogP contribution in [0, 0.1) is 0 Å². The van der Waals surface area contributed by atoms with Gasteiger partial charge in [-0.05, 0) is 32.0 Å². The highest BCUT2D eigenvalue weighted by atomic mass is 35.5. The molecule has 0 aliphatic rings. The van der Waals surface area contributed by atoms with Crippen molar-refractivity contribution in [3.8, 4) is 5.75 Å². The van der Waals surface area contributed by atoms with Crippen molar-refractivity contribution in [1.82, 2.24) is 5.32 Å². The van der Waals surface area contributed by atoms with E-state index >= 15 is 0 Å². The zero-order valence-electron chi connectivity index (χ0n) is 10.6. The molecule has 0 radical (unpaired) electrons. The molecular formula is C13H18ClNO3. The van der Waals surface area contributed by atoms with Gasteiger partial charge in [0.25, 0.3) is 0 Å². The number of rotatable bonds is 7. The molecule has 2 N–H and O–H groups in total. The van der Waals surface area contributed by atoms with E-state index in [2.05, 4.69) is 12.2 Å². The summed E-state index contributed by atoms with van der Waals surface area (Å²) < 4.78 is 5.39. The highest BCUT2D eigenvalue weighted by Gasteiger charge is 2.16. The molecule has 0 heterocycles. The van der Waals surface area contributed by atoms with Crippen molar-refractivity contribution in [1.29, 1.82) is 0 Å². The van der Waals surface area contributed by atoms with E-state index in [9.17, 15) is 4.79 Å². The quantitative estimate of drug-likeness (QED) is 0.749. The number of halogens is 1. The van der Waals surface area contributed by atoms with E-state index in [1.807, 2.05) is 0 Å². The van der Waals surface area contributed by atoms with Crippen LogP contribution < -0.4 is 10.1 Å². The van der Waals surface area contributed by atoms with Gasteiger partial charge in [-0.3, -0.25) is 0 Å². The number of aliphatic carboxylic acids is 1. The number of carbonyl (C=O) groups is 1. The third-order valence-corrected chi connectivity index (χ3v) is 2.81. The molecule has 0 aliphatic heterocycles. The third-order valence-electron chi connectivity index (χ3n) is 2.46. The van der Waals surface area contributed by atoms with Crippen LogP contribution in [0.15, 0.2) is 18.2 Å². The van der Waals surface area contributed by atoms with Crippen molar-refractivity contribution in [3.63, 3.8) is 0 Å². The lowest BCUT2D eigenvalue weighted by Gasteiger charge is -2.16. The second-order valence-corrected chi connectivity index (χ2v) is 4.40. The Morgan fingerprint density at radius 1 is 1.56 bits per heavy atom. The summed E-state index contributed by atoms with van der Waals surface area (Å²) >= 11 is 6.10. The van der Waals surface area contributed by atoms with Gasteiger partial charge in [0.2, 0.25) is 0 Å². The molecular weight excluding hydrogens is 254 g/mol. The topological polar surface area (TPSA) is 58.6 Å². The SMILES string of the molecule is CCCNCc1c(Cl)cccc1OC(C)C(=O)O. The second kappa shape index (κ2) is 7.24. The monoisotopic (exact) mass is 271 g/mol. The summed E-state index contributed by atoms with van der Waals surface area (Å²) in [5, 5.41) is 12.6. The van der Waals surface area contributed by atoms with Gasteiger partial charge >= 0.3 is 5.97 Å². The standard InChI is InChI=1S/C13H18ClNO3/c1-3-7-15-8-10-11(14)5-4-6-12(10)18-9(2)13(16)17/h4-6,9,15H,3,7-8H2,1-2H3,(H,16,17). The maximum absolute atomic E-state index is 10.8. The molecule has 0 saturated carbocycles. The van der Waals surface area contributed by atoms with Crippen LogP contribution in [0.2, 0.25) is 5.02 Å².